The minimum absolute atomic E-state index is 0.0169. The van der Waals surface area contributed by atoms with Gasteiger partial charge in [-0.15, -0.1) is 0 Å². The molecule has 0 aliphatic rings. The van der Waals surface area contributed by atoms with E-state index in [0.29, 0.717) is 11.4 Å². The largest absolute Gasteiger partial charge is 0.478 e. The molecule has 23 heavy (non-hydrogen) atoms. The second-order valence-electron chi connectivity index (χ2n) is 5.08. The number of anilines is 1. The zero-order valence-electron chi connectivity index (χ0n) is 12.2. The number of carbonyl (C=O) groups is 2. The van der Waals surface area contributed by atoms with Crippen LogP contribution in [0.15, 0.2) is 60.7 Å². The van der Waals surface area contributed by atoms with Crippen molar-refractivity contribution in [1.29, 1.82) is 0 Å². The first-order valence-electron chi connectivity index (χ1n) is 7.10. The summed E-state index contributed by atoms with van der Waals surface area (Å²) >= 11 is 0. The number of amides is 1. The monoisotopic (exact) mass is 306 g/mol. The van der Waals surface area contributed by atoms with Crippen molar-refractivity contribution in [3.8, 4) is 0 Å². The first-order chi connectivity index (χ1) is 11.1. The van der Waals surface area contributed by atoms with E-state index in [-0.39, 0.29) is 17.9 Å². The number of carbonyl (C=O) groups excluding carboxylic acids is 1. The minimum atomic E-state index is -1.04. The van der Waals surface area contributed by atoms with E-state index in [0.717, 1.165) is 10.9 Å². The van der Waals surface area contributed by atoms with Crippen LogP contribution in [0.4, 0.5) is 5.82 Å². The fourth-order valence-corrected chi connectivity index (χ4v) is 2.38. The zero-order chi connectivity index (χ0) is 16.2. The Morgan fingerprint density at radius 3 is 2.52 bits per heavy atom. The van der Waals surface area contributed by atoms with E-state index in [4.69, 9.17) is 5.11 Å². The van der Waals surface area contributed by atoms with E-state index < -0.39 is 5.97 Å². The lowest BCUT2D eigenvalue weighted by molar-refractivity contribution is -0.115. The second-order valence-corrected chi connectivity index (χ2v) is 5.08. The molecule has 0 saturated heterocycles. The molecule has 1 amide bonds. The number of nitrogens with one attached hydrogen (secondary N) is 1. The predicted octanol–water partition coefficient (Wildman–Crippen LogP) is 3.11. The molecule has 3 aromatic rings. The Hall–Kier alpha value is -3.21. The summed E-state index contributed by atoms with van der Waals surface area (Å²) in [6, 6.07) is 17.7. The normalized spacial score (nSPS) is 10.4. The van der Waals surface area contributed by atoms with Crippen LogP contribution in [0.1, 0.15) is 15.9 Å². The molecule has 1 heterocycles. The number of aromatic nitrogens is 1. The first kappa shape index (κ1) is 14.7. The SMILES string of the molecule is O=C(Cc1ccccc1C(=O)O)Nc1ccc2ccccc2n1. The van der Waals surface area contributed by atoms with Crippen molar-refractivity contribution in [3.63, 3.8) is 0 Å². The predicted molar refractivity (Wildman–Crippen MR) is 87.5 cm³/mol. The maximum atomic E-state index is 12.1. The Morgan fingerprint density at radius 1 is 0.957 bits per heavy atom. The molecule has 0 radical (unpaired) electrons. The number of hydrogen-bond acceptors (Lipinski definition) is 3. The number of para-hydroxylation sites is 1. The number of hydrogen-bond donors (Lipinski definition) is 2. The number of carboxylic acid groups (broad SMARTS) is 1. The van der Waals surface area contributed by atoms with Crippen LogP contribution in [0.3, 0.4) is 0 Å². The van der Waals surface area contributed by atoms with Crippen LogP contribution in [-0.4, -0.2) is 22.0 Å². The number of fused-ring (bicyclic) bond motifs is 1. The van der Waals surface area contributed by atoms with Crippen molar-refractivity contribution in [2.75, 3.05) is 5.32 Å². The van der Waals surface area contributed by atoms with Gasteiger partial charge in [-0.2, -0.15) is 0 Å². The molecule has 3 rings (SSSR count). The van der Waals surface area contributed by atoms with Crippen molar-refractivity contribution in [1.82, 2.24) is 4.98 Å². The molecule has 5 nitrogen and oxygen atoms in total. The van der Waals surface area contributed by atoms with Crippen molar-refractivity contribution < 1.29 is 14.7 Å². The van der Waals surface area contributed by atoms with Gasteiger partial charge in [0, 0.05) is 5.39 Å². The molecule has 114 valence electrons. The highest BCUT2D eigenvalue weighted by Crippen LogP contribution is 2.15. The van der Waals surface area contributed by atoms with E-state index >= 15 is 0 Å². The van der Waals surface area contributed by atoms with Crippen LogP contribution in [0.5, 0.6) is 0 Å². The van der Waals surface area contributed by atoms with E-state index in [1.54, 1.807) is 24.3 Å². The Bertz CT molecular complexity index is 890. The van der Waals surface area contributed by atoms with Gasteiger partial charge in [0.15, 0.2) is 0 Å². The standard InChI is InChI=1S/C18H14N2O3/c21-17(11-13-6-1-3-7-14(13)18(22)23)20-16-10-9-12-5-2-4-8-15(12)19-16/h1-10H,11H2,(H,22,23)(H,19,20,21). The van der Waals surface area contributed by atoms with Gasteiger partial charge < -0.3 is 10.4 Å². The molecule has 0 aliphatic carbocycles. The molecule has 0 atom stereocenters. The molecule has 2 N–H and O–H groups in total. The van der Waals surface area contributed by atoms with Gasteiger partial charge in [-0.05, 0) is 29.8 Å². The third-order valence-corrected chi connectivity index (χ3v) is 3.46. The number of carboxylic acids is 1. The van der Waals surface area contributed by atoms with E-state index in [1.807, 2.05) is 30.3 Å². The lowest BCUT2D eigenvalue weighted by Gasteiger charge is -2.07. The van der Waals surface area contributed by atoms with Crippen molar-refractivity contribution >= 4 is 28.6 Å². The molecular formula is C18H14N2O3. The average Bonchev–Trinajstić information content (AvgIpc) is 2.55. The van der Waals surface area contributed by atoms with Crippen LogP contribution in [-0.2, 0) is 11.2 Å². The van der Waals surface area contributed by atoms with Gasteiger partial charge >= 0.3 is 5.97 Å². The zero-order valence-corrected chi connectivity index (χ0v) is 12.2. The Balaban J connectivity index is 1.77. The third kappa shape index (κ3) is 3.35. The number of nitrogens with zero attached hydrogens (tertiary/aromatic N) is 1. The number of pyridine rings is 1. The van der Waals surface area contributed by atoms with Gasteiger partial charge in [-0.3, -0.25) is 4.79 Å². The number of aromatic carboxylic acids is 1. The minimum Gasteiger partial charge on any atom is -0.478 e. The van der Waals surface area contributed by atoms with Gasteiger partial charge in [0.05, 0.1) is 17.5 Å². The van der Waals surface area contributed by atoms with E-state index in [2.05, 4.69) is 10.3 Å². The molecular weight excluding hydrogens is 292 g/mol. The molecule has 2 aromatic carbocycles. The lowest BCUT2D eigenvalue weighted by Crippen LogP contribution is -2.17. The Kier molecular flexibility index (Phi) is 4.01. The van der Waals surface area contributed by atoms with Crippen LogP contribution >= 0.6 is 0 Å². The van der Waals surface area contributed by atoms with Crippen molar-refractivity contribution in [3.05, 3.63) is 71.8 Å². The van der Waals surface area contributed by atoms with Crippen LogP contribution in [0.25, 0.3) is 10.9 Å². The average molecular weight is 306 g/mol. The Labute approximate surface area is 132 Å². The molecule has 0 spiro atoms. The van der Waals surface area contributed by atoms with E-state index in [1.165, 1.54) is 6.07 Å². The van der Waals surface area contributed by atoms with Crippen LogP contribution < -0.4 is 5.32 Å². The summed E-state index contributed by atoms with van der Waals surface area (Å²) in [6.45, 7) is 0. The first-order valence-corrected chi connectivity index (χ1v) is 7.10. The third-order valence-electron chi connectivity index (χ3n) is 3.46. The molecule has 0 unspecified atom stereocenters. The van der Waals surface area contributed by atoms with Gasteiger partial charge in [-0.25, -0.2) is 9.78 Å². The Morgan fingerprint density at radius 2 is 1.70 bits per heavy atom. The quantitative estimate of drug-likeness (QED) is 0.776. The molecule has 1 aromatic heterocycles. The lowest BCUT2D eigenvalue weighted by atomic mass is 10.0. The number of rotatable bonds is 4. The molecule has 0 fully saturated rings. The van der Waals surface area contributed by atoms with E-state index in [9.17, 15) is 9.59 Å². The molecule has 0 saturated carbocycles. The smallest absolute Gasteiger partial charge is 0.335 e. The van der Waals surface area contributed by atoms with Gasteiger partial charge in [0.2, 0.25) is 5.91 Å². The van der Waals surface area contributed by atoms with Gasteiger partial charge in [0.1, 0.15) is 5.82 Å². The fourth-order valence-electron chi connectivity index (χ4n) is 2.38. The molecule has 0 bridgehead atoms. The highest BCUT2D eigenvalue weighted by Gasteiger charge is 2.13. The fraction of sp³-hybridized carbons (Fsp3) is 0.0556. The maximum Gasteiger partial charge on any atom is 0.335 e. The van der Waals surface area contributed by atoms with Crippen molar-refractivity contribution in [2.45, 2.75) is 6.42 Å². The van der Waals surface area contributed by atoms with Crippen LogP contribution in [0.2, 0.25) is 0 Å². The van der Waals surface area contributed by atoms with Crippen LogP contribution in [0, 0.1) is 0 Å². The highest BCUT2D eigenvalue weighted by atomic mass is 16.4. The molecule has 5 heteroatoms. The molecule has 0 aliphatic heterocycles. The summed E-state index contributed by atoms with van der Waals surface area (Å²) in [5.74, 6) is -0.903. The second kappa shape index (κ2) is 6.27. The summed E-state index contributed by atoms with van der Waals surface area (Å²) in [7, 11) is 0. The summed E-state index contributed by atoms with van der Waals surface area (Å²) in [5.41, 5.74) is 1.39. The number of benzene rings is 2. The topological polar surface area (TPSA) is 79.3 Å². The summed E-state index contributed by atoms with van der Waals surface area (Å²) < 4.78 is 0. The summed E-state index contributed by atoms with van der Waals surface area (Å²) in [5, 5.41) is 12.8. The van der Waals surface area contributed by atoms with Crippen molar-refractivity contribution in [2.24, 2.45) is 0 Å². The maximum absolute atomic E-state index is 12.1. The highest BCUT2D eigenvalue weighted by molar-refractivity contribution is 5.96. The summed E-state index contributed by atoms with van der Waals surface area (Å²) in [4.78, 5) is 27.7. The van der Waals surface area contributed by atoms with Gasteiger partial charge in [0.25, 0.3) is 0 Å². The van der Waals surface area contributed by atoms with Gasteiger partial charge in [-0.1, -0.05) is 36.4 Å². The summed E-state index contributed by atoms with van der Waals surface area (Å²) in [6.07, 6.45) is -0.0169.